The maximum atomic E-state index is 12.5. The summed E-state index contributed by atoms with van der Waals surface area (Å²) in [7, 11) is 0. The van der Waals surface area contributed by atoms with Gasteiger partial charge in [0.05, 0.1) is 0 Å². The second kappa shape index (κ2) is 7.51. The number of hydrogen-bond acceptors (Lipinski definition) is 2. The lowest BCUT2D eigenvalue weighted by molar-refractivity contribution is -0.135. The van der Waals surface area contributed by atoms with Crippen LogP contribution in [-0.2, 0) is 9.59 Å². The highest BCUT2D eigenvalue weighted by atomic mass is 16.2. The van der Waals surface area contributed by atoms with Crippen molar-refractivity contribution >= 4 is 11.8 Å². The van der Waals surface area contributed by atoms with Crippen LogP contribution in [0.1, 0.15) is 53.4 Å². The molecule has 1 rings (SSSR count). The third kappa shape index (κ3) is 4.84. The molecule has 0 saturated carbocycles. The van der Waals surface area contributed by atoms with E-state index in [1.54, 1.807) is 0 Å². The van der Waals surface area contributed by atoms with E-state index in [1.165, 1.54) is 0 Å². The van der Waals surface area contributed by atoms with E-state index in [1.807, 2.05) is 11.8 Å². The van der Waals surface area contributed by atoms with Gasteiger partial charge in [-0.2, -0.15) is 0 Å². The summed E-state index contributed by atoms with van der Waals surface area (Å²) in [4.78, 5) is 26.0. The van der Waals surface area contributed by atoms with E-state index in [2.05, 4.69) is 26.1 Å². The van der Waals surface area contributed by atoms with E-state index in [0.717, 1.165) is 25.8 Å². The van der Waals surface area contributed by atoms with Crippen LogP contribution in [0.2, 0.25) is 0 Å². The monoisotopic (exact) mass is 268 g/mol. The van der Waals surface area contributed by atoms with Gasteiger partial charge in [-0.25, -0.2) is 0 Å². The summed E-state index contributed by atoms with van der Waals surface area (Å²) < 4.78 is 0. The maximum Gasteiger partial charge on any atom is 0.245 e. The van der Waals surface area contributed by atoms with Gasteiger partial charge in [-0.1, -0.05) is 34.1 Å². The number of carbonyl (C=O) groups excluding carboxylic acids is 2. The first-order valence-electron chi connectivity index (χ1n) is 7.53. The molecule has 2 unspecified atom stereocenters. The standard InChI is InChI=1S/C15H28N2O2/c1-5-12(4)14-15(19)17(9-6-7-11(2)3)10-8-13(18)16-14/h11-12,14H,5-10H2,1-4H3,(H,16,18). The molecule has 0 bridgehead atoms. The minimum Gasteiger partial charge on any atom is -0.344 e. The third-order valence-corrected chi connectivity index (χ3v) is 3.93. The minimum absolute atomic E-state index is 0.00464. The Morgan fingerprint density at radius 1 is 1.32 bits per heavy atom. The van der Waals surface area contributed by atoms with Crippen LogP contribution in [0.3, 0.4) is 0 Å². The van der Waals surface area contributed by atoms with Gasteiger partial charge < -0.3 is 10.2 Å². The molecule has 110 valence electrons. The van der Waals surface area contributed by atoms with Crippen LogP contribution in [-0.4, -0.2) is 35.8 Å². The summed E-state index contributed by atoms with van der Waals surface area (Å²) >= 11 is 0. The second-order valence-electron chi connectivity index (χ2n) is 6.04. The summed E-state index contributed by atoms with van der Waals surface area (Å²) in [5, 5.41) is 2.88. The predicted molar refractivity (Wildman–Crippen MR) is 76.7 cm³/mol. The van der Waals surface area contributed by atoms with Crippen molar-refractivity contribution < 1.29 is 9.59 Å². The third-order valence-electron chi connectivity index (χ3n) is 3.93. The summed E-state index contributed by atoms with van der Waals surface area (Å²) in [5.41, 5.74) is 0. The molecule has 2 atom stereocenters. The van der Waals surface area contributed by atoms with E-state index in [0.29, 0.717) is 18.9 Å². The number of carbonyl (C=O) groups is 2. The molecule has 4 nitrogen and oxygen atoms in total. The first-order chi connectivity index (χ1) is 8.95. The van der Waals surface area contributed by atoms with E-state index >= 15 is 0 Å². The van der Waals surface area contributed by atoms with E-state index in [4.69, 9.17) is 0 Å². The van der Waals surface area contributed by atoms with Gasteiger partial charge in [0.15, 0.2) is 0 Å². The normalized spacial score (nSPS) is 22.4. The minimum atomic E-state index is -0.334. The number of nitrogens with one attached hydrogen (secondary N) is 1. The average molecular weight is 268 g/mol. The van der Waals surface area contributed by atoms with E-state index < -0.39 is 0 Å². The zero-order valence-corrected chi connectivity index (χ0v) is 12.7. The van der Waals surface area contributed by atoms with Gasteiger partial charge >= 0.3 is 0 Å². The summed E-state index contributed by atoms with van der Waals surface area (Å²) in [6.07, 6.45) is 3.47. The molecule has 4 heteroatoms. The topological polar surface area (TPSA) is 49.4 Å². The van der Waals surface area contributed by atoms with Gasteiger partial charge in [0, 0.05) is 19.5 Å². The molecule has 0 aliphatic carbocycles. The fraction of sp³-hybridized carbons (Fsp3) is 0.867. The molecule has 0 aromatic rings. The first-order valence-corrected chi connectivity index (χ1v) is 7.53. The first kappa shape index (κ1) is 16.0. The molecule has 2 amide bonds. The highest BCUT2D eigenvalue weighted by Crippen LogP contribution is 2.15. The van der Waals surface area contributed by atoms with E-state index in [-0.39, 0.29) is 23.8 Å². The molecule has 1 saturated heterocycles. The van der Waals surface area contributed by atoms with Gasteiger partial charge in [0.25, 0.3) is 0 Å². The van der Waals surface area contributed by atoms with Gasteiger partial charge in [0.2, 0.25) is 11.8 Å². The lowest BCUT2D eigenvalue weighted by Gasteiger charge is -2.27. The van der Waals surface area contributed by atoms with Crippen LogP contribution >= 0.6 is 0 Å². The molecule has 0 aromatic carbocycles. The van der Waals surface area contributed by atoms with Crippen LogP contribution in [0.15, 0.2) is 0 Å². The Hall–Kier alpha value is -1.06. The molecule has 0 aromatic heterocycles. The molecule has 0 spiro atoms. The van der Waals surface area contributed by atoms with Crippen LogP contribution < -0.4 is 5.32 Å². The van der Waals surface area contributed by atoms with Crippen LogP contribution in [0.25, 0.3) is 0 Å². The maximum absolute atomic E-state index is 12.5. The van der Waals surface area contributed by atoms with Crippen molar-refractivity contribution in [3.63, 3.8) is 0 Å². The van der Waals surface area contributed by atoms with Gasteiger partial charge in [-0.3, -0.25) is 9.59 Å². The number of amides is 2. The van der Waals surface area contributed by atoms with Crippen molar-refractivity contribution in [1.29, 1.82) is 0 Å². The summed E-state index contributed by atoms with van der Waals surface area (Å²) in [6, 6.07) is -0.334. The smallest absolute Gasteiger partial charge is 0.245 e. The molecule has 1 N–H and O–H groups in total. The van der Waals surface area contributed by atoms with Crippen LogP contribution in [0.5, 0.6) is 0 Å². The molecule has 1 aliphatic heterocycles. The van der Waals surface area contributed by atoms with Crippen LogP contribution in [0.4, 0.5) is 0 Å². The Morgan fingerprint density at radius 2 is 2.00 bits per heavy atom. The molecule has 1 heterocycles. The van der Waals surface area contributed by atoms with Gasteiger partial charge in [-0.05, 0) is 24.7 Å². The van der Waals surface area contributed by atoms with Crippen molar-refractivity contribution in [2.24, 2.45) is 11.8 Å². The number of rotatable bonds is 6. The molecule has 1 fully saturated rings. The lowest BCUT2D eigenvalue weighted by atomic mass is 9.98. The Labute approximate surface area is 116 Å². The Morgan fingerprint density at radius 3 is 2.58 bits per heavy atom. The Bertz CT molecular complexity index is 315. The average Bonchev–Trinajstić information content (AvgIpc) is 2.50. The van der Waals surface area contributed by atoms with Gasteiger partial charge in [0.1, 0.15) is 6.04 Å². The van der Waals surface area contributed by atoms with Crippen molar-refractivity contribution in [3.8, 4) is 0 Å². The second-order valence-corrected chi connectivity index (χ2v) is 6.04. The Kier molecular flexibility index (Phi) is 6.32. The lowest BCUT2D eigenvalue weighted by Crippen LogP contribution is -2.48. The number of nitrogens with zero attached hydrogens (tertiary/aromatic N) is 1. The molecule has 1 aliphatic rings. The van der Waals surface area contributed by atoms with Gasteiger partial charge in [-0.15, -0.1) is 0 Å². The molecular formula is C15H28N2O2. The summed E-state index contributed by atoms with van der Waals surface area (Å²) in [5.74, 6) is 0.961. The quantitative estimate of drug-likeness (QED) is 0.802. The van der Waals surface area contributed by atoms with Crippen LogP contribution in [0, 0.1) is 11.8 Å². The Balaban J connectivity index is 2.64. The molecule has 19 heavy (non-hydrogen) atoms. The SMILES string of the molecule is CCC(C)C1NC(=O)CCN(CCCC(C)C)C1=O. The largest absolute Gasteiger partial charge is 0.344 e. The highest BCUT2D eigenvalue weighted by molar-refractivity contribution is 5.90. The fourth-order valence-electron chi connectivity index (χ4n) is 2.38. The summed E-state index contributed by atoms with van der Waals surface area (Å²) in [6.45, 7) is 9.81. The predicted octanol–water partition coefficient (Wildman–Crippen LogP) is 2.19. The fourth-order valence-corrected chi connectivity index (χ4v) is 2.38. The van der Waals surface area contributed by atoms with Crippen molar-refractivity contribution in [1.82, 2.24) is 10.2 Å². The molecular weight excluding hydrogens is 240 g/mol. The zero-order valence-electron chi connectivity index (χ0n) is 12.7. The van der Waals surface area contributed by atoms with E-state index in [9.17, 15) is 9.59 Å². The van der Waals surface area contributed by atoms with Crippen molar-refractivity contribution in [3.05, 3.63) is 0 Å². The van der Waals surface area contributed by atoms with Crippen molar-refractivity contribution in [2.75, 3.05) is 13.1 Å². The molecule has 0 radical (unpaired) electrons. The highest BCUT2D eigenvalue weighted by Gasteiger charge is 2.32. The number of hydrogen-bond donors (Lipinski definition) is 1. The zero-order chi connectivity index (χ0) is 14.4. The van der Waals surface area contributed by atoms with Crippen molar-refractivity contribution in [2.45, 2.75) is 59.4 Å².